The molecule has 0 spiro atoms. The Morgan fingerprint density at radius 3 is 2.45 bits per heavy atom. The number of Topliss-reactive ketones (excluding diaryl/α,β-unsaturated/α-hetero) is 1. The van der Waals surface area contributed by atoms with Crippen molar-refractivity contribution >= 4 is 17.4 Å². The molecular formula is C23H18FNO4. The number of aryl methyl sites for hydroxylation is 1. The van der Waals surface area contributed by atoms with Crippen LogP contribution in [-0.2, 0) is 16.1 Å². The van der Waals surface area contributed by atoms with Crippen LogP contribution >= 0.6 is 0 Å². The summed E-state index contributed by atoms with van der Waals surface area (Å²) < 4.78 is 20.0. The van der Waals surface area contributed by atoms with Crippen molar-refractivity contribution in [1.29, 1.82) is 0 Å². The van der Waals surface area contributed by atoms with E-state index in [-0.39, 0.29) is 23.4 Å². The quantitative estimate of drug-likeness (QED) is 0.408. The van der Waals surface area contributed by atoms with Crippen molar-refractivity contribution in [3.05, 3.63) is 101 Å². The Morgan fingerprint density at radius 2 is 1.79 bits per heavy atom. The predicted molar refractivity (Wildman–Crippen MR) is 104 cm³/mol. The molecule has 1 aliphatic heterocycles. The average molecular weight is 391 g/mol. The summed E-state index contributed by atoms with van der Waals surface area (Å²) in [5, 5.41) is 10.9. The first kappa shape index (κ1) is 18.7. The van der Waals surface area contributed by atoms with Gasteiger partial charge in [0.15, 0.2) is 0 Å². The number of hydrogen-bond donors (Lipinski definition) is 1. The molecule has 1 aliphatic rings. The molecule has 1 fully saturated rings. The highest BCUT2D eigenvalue weighted by atomic mass is 19.1. The van der Waals surface area contributed by atoms with E-state index >= 15 is 0 Å². The van der Waals surface area contributed by atoms with Crippen LogP contribution in [0.25, 0.3) is 5.76 Å². The molecule has 6 heteroatoms. The number of ketones is 1. The lowest BCUT2D eigenvalue weighted by atomic mass is 9.94. The lowest BCUT2D eigenvalue weighted by Gasteiger charge is -2.24. The summed E-state index contributed by atoms with van der Waals surface area (Å²) in [6.07, 6.45) is 1.45. The molecule has 29 heavy (non-hydrogen) atoms. The molecule has 2 heterocycles. The Bertz CT molecular complexity index is 1100. The first-order chi connectivity index (χ1) is 14.0. The van der Waals surface area contributed by atoms with Crippen LogP contribution in [0.4, 0.5) is 4.39 Å². The topological polar surface area (TPSA) is 70.8 Å². The third-order valence-corrected chi connectivity index (χ3v) is 4.97. The highest BCUT2D eigenvalue weighted by molar-refractivity contribution is 6.46. The number of benzene rings is 2. The van der Waals surface area contributed by atoms with Gasteiger partial charge in [0, 0.05) is 11.1 Å². The van der Waals surface area contributed by atoms with Gasteiger partial charge in [-0.15, -0.1) is 0 Å². The van der Waals surface area contributed by atoms with Gasteiger partial charge < -0.3 is 14.4 Å². The zero-order valence-corrected chi connectivity index (χ0v) is 15.6. The number of carbonyl (C=O) groups is 2. The number of rotatable bonds is 4. The molecule has 2 aromatic carbocycles. The van der Waals surface area contributed by atoms with Crippen molar-refractivity contribution in [3.63, 3.8) is 0 Å². The van der Waals surface area contributed by atoms with Gasteiger partial charge in [0.1, 0.15) is 17.3 Å². The largest absolute Gasteiger partial charge is 0.507 e. The van der Waals surface area contributed by atoms with Crippen LogP contribution in [0.2, 0.25) is 0 Å². The van der Waals surface area contributed by atoms with E-state index in [0.29, 0.717) is 11.3 Å². The second-order valence-corrected chi connectivity index (χ2v) is 6.89. The number of aliphatic hydroxyl groups excluding tert-OH is 1. The Kier molecular flexibility index (Phi) is 4.76. The van der Waals surface area contributed by atoms with Crippen LogP contribution in [0, 0.1) is 12.7 Å². The van der Waals surface area contributed by atoms with Crippen molar-refractivity contribution in [2.45, 2.75) is 19.5 Å². The zero-order valence-electron chi connectivity index (χ0n) is 15.6. The molecule has 4 rings (SSSR count). The van der Waals surface area contributed by atoms with Crippen molar-refractivity contribution in [2.75, 3.05) is 0 Å². The summed E-state index contributed by atoms with van der Waals surface area (Å²) in [6.45, 7) is 1.87. The first-order valence-electron chi connectivity index (χ1n) is 9.09. The highest BCUT2D eigenvalue weighted by Gasteiger charge is 2.47. The van der Waals surface area contributed by atoms with Crippen molar-refractivity contribution in [2.24, 2.45) is 0 Å². The van der Waals surface area contributed by atoms with Crippen LogP contribution in [-0.4, -0.2) is 21.7 Å². The molecule has 146 valence electrons. The third kappa shape index (κ3) is 3.33. The second-order valence-electron chi connectivity index (χ2n) is 6.89. The fourth-order valence-electron chi connectivity index (χ4n) is 3.50. The highest BCUT2D eigenvalue weighted by Crippen LogP contribution is 2.41. The molecule has 1 unspecified atom stereocenters. The van der Waals surface area contributed by atoms with Gasteiger partial charge in [-0.2, -0.15) is 0 Å². The Hall–Kier alpha value is -3.67. The van der Waals surface area contributed by atoms with Gasteiger partial charge in [-0.1, -0.05) is 48.0 Å². The first-order valence-corrected chi connectivity index (χ1v) is 9.09. The minimum absolute atomic E-state index is 0.0265. The summed E-state index contributed by atoms with van der Waals surface area (Å²) in [5.41, 5.74) is 1.35. The summed E-state index contributed by atoms with van der Waals surface area (Å²) in [7, 11) is 0. The van der Waals surface area contributed by atoms with E-state index in [1.807, 2.05) is 6.92 Å². The molecule has 1 saturated heterocycles. The molecule has 0 saturated carbocycles. The summed E-state index contributed by atoms with van der Waals surface area (Å²) in [5.74, 6) is -2.13. The third-order valence-electron chi connectivity index (χ3n) is 4.97. The number of carbonyl (C=O) groups excluding carboxylic acids is 2. The molecule has 0 bridgehead atoms. The minimum atomic E-state index is -1.07. The van der Waals surface area contributed by atoms with E-state index in [4.69, 9.17) is 4.42 Å². The Balaban J connectivity index is 1.89. The maximum absolute atomic E-state index is 14.7. The monoisotopic (exact) mass is 391 g/mol. The van der Waals surface area contributed by atoms with Gasteiger partial charge in [0.2, 0.25) is 0 Å². The SMILES string of the molecule is Cc1ccc(/C(O)=C2\C(=O)C(=O)N(Cc3ccco3)C2c2ccccc2F)cc1. The molecule has 1 atom stereocenters. The van der Waals surface area contributed by atoms with Crippen molar-refractivity contribution < 1.29 is 23.5 Å². The number of hydrogen-bond acceptors (Lipinski definition) is 4. The zero-order chi connectivity index (χ0) is 20.5. The van der Waals surface area contributed by atoms with Crippen molar-refractivity contribution in [1.82, 2.24) is 4.90 Å². The average Bonchev–Trinajstić information content (AvgIpc) is 3.31. The maximum atomic E-state index is 14.7. The molecule has 1 amide bonds. The van der Waals surface area contributed by atoms with Gasteiger partial charge in [0.05, 0.1) is 24.4 Å². The number of halogens is 1. The van der Waals surface area contributed by atoms with E-state index in [1.165, 1.54) is 29.4 Å². The Morgan fingerprint density at radius 1 is 1.07 bits per heavy atom. The fourth-order valence-corrected chi connectivity index (χ4v) is 3.50. The summed E-state index contributed by atoms with van der Waals surface area (Å²) in [6, 6.07) is 15.0. The van der Waals surface area contributed by atoms with Crippen LogP contribution in [0.15, 0.2) is 76.9 Å². The van der Waals surface area contributed by atoms with Gasteiger partial charge in [-0.05, 0) is 25.1 Å². The molecule has 0 radical (unpaired) electrons. The predicted octanol–water partition coefficient (Wildman–Crippen LogP) is 4.35. The second kappa shape index (κ2) is 7.39. The number of furan rings is 1. The van der Waals surface area contributed by atoms with E-state index in [2.05, 4.69) is 0 Å². The normalized spacial score (nSPS) is 18.4. The number of nitrogens with zero attached hydrogens (tertiary/aromatic N) is 1. The molecule has 3 aromatic rings. The van der Waals surface area contributed by atoms with E-state index < -0.39 is 23.5 Å². The van der Waals surface area contributed by atoms with Crippen LogP contribution in [0.5, 0.6) is 0 Å². The van der Waals surface area contributed by atoms with E-state index in [1.54, 1.807) is 42.5 Å². The van der Waals surface area contributed by atoms with Crippen LogP contribution in [0.1, 0.15) is 28.5 Å². The van der Waals surface area contributed by atoms with Gasteiger partial charge in [-0.25, -0.2) is 4.39 Å². The molecule has 1 aromatic heterocycles. The lowest BCUT2D eigenvalue weighted by Crippen LogP contribution is -2.29. The van der Waals surface area contributed by atoms with Gasteiger partial charge >= 0.3 is 0 Å². The van der Waals surface area contributed by atoms with Crippen LogP contribution < -0.4 is 0 Å². The summed E-state index contributed by atoms with van der Waals surface area (Å²) >= 11 is 0. The maximum Gasteiger partial charge on any atom is 0.296 e. The van der Waals surface area contributed by atoms with Gasteiger partial charge in [0.25, 0.3) is 11.7 Å². The van der Waals surface area contributed by atoms with Crippen molar-refractivity contribution in [3.8, 4) is 0 Å². The molecular weight excluding hydrogens is 373 g/mol. The summed E-state index contributed by atoms with van der Waals surface area (Å²) in [4.78, 5) is 26.9. The van der Waals surface area contributed by atoms with Crippen LogP contribution in [0.3, 0.4) is 0 Å². The molecule has 1 N–H and O–H groups in total. The van der Waals surface area contributed by atoms with E-state index in [0.717, 1.165) is 5.56 Å². The fraction of sp³-hybridized carbons (Fsp3) is 0.130. The lowest BCUT2D eigenvalue weighted by molar-refractivity contribution is -0.140. The van der Waals surface area contributed by atoms with E-state index in [9.17, 15) is 19.1 Å². The molecule has 0 aliphatic carbocycles. The molecule has 5 nitrogen and oxygen atoms in total. The number of likely N-dealkylation sites (tertiary alicyclic amines) is 1. The standard InChI is InChI=1S/C23H18FNO4/c1-14-8-10-15(11-9-14)21(26)19-20(17-6-2-3-7-18(17)24)25(23(28)22(19)27)13-16-5-4-12-29-16/h2-12,20,26H,13H2,1H3/b21-19+. The Labute approximate surface area is 166 Å². The number of amides is 1. The minimum Gasteiger partial charge on any atom is -0.507 e. The smallest absolute Gasteiger partial charge is 0.296 e. The number of aliphatic hydroxyl groups is 1. The van der Waals surface area contributed by atoms with Gasteiger partial charge in [-0.3, -0.25) is 9.59 Å².